The molecule has 4 heterocycles. The maximum atomic E-state index is 13.4. The van der Waals surface area contributed by atoms with Crippen molar-refractivity contribution in [3.8, 4) is 5.82 Å². The van der Waals surface area contributed by atoms with Gasteiger partial charge in [0.1, 0.15) is 5.39 Å². The Morgan fingerprint density at radius 1 is 1.18 bits per heavy atom. The van der Waals surface area contributed by atoms with E-state index in [0.717, 1.165) is 50.2 Å². The van der Waals surface area contributed by atoms with Crippen molar-refractivity contribution in [3.05, 3.63) is 81.4 Å². The van der Waals surface area contributed by atoms with Gasteiger partial charge < -0.3 is 10.2 Å². The Bertz CT molecular complexity index is 1720. The van der Waals surface area contributed by atoms with Crippen molar-refractivity contribution in [2.45, 2.75) is 76.8 Å². The molecule has 0 saturated heterocycles. The molecule has 0 radical (unpaired) electrons. The lowest BCUT2D eigenvalue weighted by Gasteiger charge is -2.45. The largest absolute Gasteiger partial charge is 0.324 e. The van der Waals surface area contributed by atoms with Gasteiger partial charge in [0, 0.05) is 42.0 Å². The number of hydrogen-bond donors (Lipinski definition) is 1. The fourth-order valence-electron chi connectivity index (χ4n) is 7.61. The van der Waals surface area contributed by atoms with Crippen LogP contribution in [-0.2, 0) is 31.3 Å². The van der Waals surface area contributed by atoms with Gasteiger partial charge in [-0.1, -0.05) is 26.0 Å². The highest BCUT2D eigenvalue weighted by Crippen LogP contribution is 2.44. The first-order chi connectivity index (χ1) is 19.4. The van der Waals surface area contributed by atoms with Gasteiger partial charge in [-0.3, -0.25) is 4.79 Å². The summed E-state index contributed by atoms with van der Waals surface area (Å²) >= 11 is 0. The number of benzene rings is 1. The summed E-state index contributed by atoms with van der Waals surface area (Å²) in [6, 6.07) is 8.70. The summed E-state index contributed by atoms with van der Waals surface area (Å²) in [4.78, 5) is 30.4. The van der Waals surface area contributed by atoms with Crippen molar-refractivity contribution in [1.82, 2.24) is 29.2 Å². The number of rotatable bonds is 6. The number of aryl methyl sites for hydroxylation is 2. The molecule has 8 nitrogen and oxygen atoms in total. The Labute approximate surface area is 234 Å². The van der Waals surface area contributed by atoms with E-state index in [1.807, 2.05) is 10.7 Å². The van der Waals surface area contributed by atoms with E-state index in [2.05, 4.69) is 60.9 Å². The molecule has 1 aromatic carbocycles. The third-order valence-corrected chi connectivity index (χ3v) is 9.23. The summed E-state index contributed by atoms with van der Waals surface area (Å²) in [7, 11) is 2.21. The minimum absolute atomic E-state index is 0.142. The standard InChI is InChI=1S/C32H37N7O/c1-5-14-38-30(40)25-17-33-31(36-29(25)39(38)26-12-11-21-10-9-20(6-2)28(21)35-26)34-24-15-22-8-7-13-32(3)19-37(4)18-23(16-24)27(22)32/h5,11-12,15-17,20H,1,6-10,13-14,18-19H2,2-4H3,(H,33,34,36). The van der Waals surface area contributed by atoms with Crippen LogP contribution in [0.4, 0.5) is 11.6 Å². The Morgan fingerprint density at radius 2 is 2.02 bits per heavy atom. The molecule has 3 aliphatic rings. The molecule has 7 rings (SSSR count). The smallest absolute Gasteiger partial charge is 0.278 e. The van der Waals surface area contributed by atoms with Gasteiger partial charge in [0.2, 0.25) is 5.95 Å². The molecule has 0 fully saturated rings. The topological polar surface area (TPSA) is 80.9 Å². The van der Waals surface area contributed by atoms with E-state index < -0.39 is 0 Å². The highest BCUT2D eigenvalue weighted by atomic mass is 16.1. The van der Waals surface area contributed by atoms with E-state index in [1.54, 1.807) is 22.5 Å². The van der Waals surface area contributed by atoms with Crippen LogP contribution in [0, 0.1) is 0 Å². The lowest BCUT2D eigenvalue weighted by molar-refractivity contribution is 0.203. The van der Waals surface area contributed by atoms with E-state index >= 15 is 0 Å². The maximum Gasteiger partial charge on any atom is 0.278 e. The minimum atomic E-state index is -0.142. The Kier molecular flexibility index (Phi) is 5.93. The molecule has 2 unspecified atom stereocenters. The first-order valence-electron chi connectivity index (χ1n) is 14.6. The summed E-state index contributed by atoms with van der Waals surface area (Å²) in [5, 5.41) is 3.95. The van der Waals surface area contributed by atoms with Crippen molar-refractivity contribution >= 4 is 22.7 Å². The van der Waals surface area contributed by atoms with Crippen LogP contribution >= 0.6 is 0 Å². The zero-order valence-electron chi connectivity index (χ0n) is 23.7. The molecule has 1 aliphatic heterocycles. The maximum absolute atomic E-state index is 13.4. The van der Waals surface area contributed by atoms with E-state index in [9.17, 15) is 4.79 Å². The Morgan fingerprint density at radius 3 is 2.85 bits per heavy atom. The number of allylic oxidation sites excluding steroid dienone is 1. The molecule has 2 atom stereocenters. The molecule has 1 N–H and O–H groups in total. The van der Waals surface area contributed by atoms with Gasteiger partial charge in [-0.2, -0.15) is 4.98 Å². The lowest BCUT2D eigenvalue weighted by atomic mass is 9.67. The summed E-state index contributed by atoms with van der Waals surface area (Å²) in [5.74, 6) is 1.63. The van der Waals surface area contributed by atoms with Gasteiger partial charge in [-0.05, 0) is 86.0 Å². The number of nitrogens with zero attached hydrogens (tertiary/aromatic N) is 6. The predicted molar refractivity (Wildman–Crippen MR) is 159 cm³/mol. The molecule has 4 aromatic rings. The number of hydrogen-bond acceptors (Lipinski definition) is 6. The van der Waals surface area contributed by atoms with Crippen LogP contribution in [0.25, 0.3) is 16.9 Å². The normalized spacial score (nSPS) is 21.8. The van der Waals surface area contributed by atoms with Crippen LogP contribution in [0.3, 0.4) is 0 Å². The van der Waals surface area contributed by atoms with Gasteiger partial charge in [0.25, 0.3) is 5.56 Å². The summed E-state index contributed by atoms with van der Waals surface area (Å²) in [6.45, 7) is 10.9. The first kappa shape index (κ1) is 25.2. The average Bonchev–Trinajstić information content (AvgIpc) is 3.45. The number of fused-ring (bicyclic) bond motifs is 2. The number of likely N-dealkylation sites (N-methyl/N-ethyl adjacent to an activating group) is 1. The molecule has 206 valence electrons. The predicted octanol–water partition coefficient (Wildman–Crippen LogP) is 5.39. The van der Waals surface area contributed by atoms with Crippen molar-refractivity contribution in [2.75, 3.05) is 18.9 Å². The molecule has 0 bridgehead atoms. The van der Waals surface area contributed by atoms with Crippen molar-refractivity contribution in [1.29, 1.82) is 0 Å². The molecule has 3 aromatic heterocycles. The molecular formula is C32H37N7O. The monoisotopic (exact) mass is 535 g/mol. The fraction of sp³-hybridized carbons (Fsp3) is 0.438. The SMILES string of the molecule is C=CCn1c(=O)c2cnc(Nc3cc4c5c(c3)CN(C)CC5(C)CCC4)nc2n1-c1ccc2c(n1)C(CC)CC2. The van der Waals surface area contributed by atoms with Gasteiger partial charge in [-0.15, -0.1) is 6.58 Å². The van der Waals surface area contributed by atoms with Crippen LogP contribution in [0.5, 0.6) is 0 Å². The number of aromatic nitrogens is 5. The molecule has 0 saturated carbocycles. The zero-order valence-corrected chi connectivity index (χ0v) is 23.7. The zero-order chi connectivity index (χ0) is 27.6. The van der Waals surface area contributed by atoms with Crippen LogP contribution in [0.15, 0.2) is 47.9 Å². The van der Waals surface area contributed by atoms with Gasteiger partial charge in [0.15, 0.2) is 11.5 Å². The van der Waals surface area contributed by atoms with Gasteiger partial charge in [0.05, 0.1) is 6.54 Å². The quantitative estimate of drug-likeness (QED) is 0.334. The van der Waals surface area contributed by atoms with Crippen LogP contribution < -0.4 is 10.9 Å². The second kappa shape index (κ2) is 9.41. The van der Waals surface area contributed by atoms with Gasteiger partial charge >= 0.3 is 0 Å². The van der Waals surface area contributed by atoms with E-state index in [4.69, 9.17) is 9.97 Å². The third kappa shape index (κ3) is 3.91. The number of pyridine rings is 1. The highest BCUT2D eigenvalue weighted by Gasteiger charge is 2.38. The number of anilines is 2. The summed E-state index contributed by atoms with van der Waals surface area (Å²) in [5.41, 5.74) is 8.44. The molecule has 2 aliphatic carbocycles. The molecular weight excluding hydrogens is 498 g/mol. The first-order valence-corrected chi connectivity index (χ1v) is 14.6. The summed E-state index contributed by atoms with van der Waals surface area (Å²) < 4.78 is 3.50. The van der Waals surface area contributed by atoms with Crippen LogP contribution in [0.2, 0.25) is 0 Å². The van der Waals surface area contributed by atoms with Crippen molar-refractivity contribution in [3.63, 3.8) is 0 Å². The second-order valence-electron chi connectivity index (χ2n) is 12.2. The van der Waals surface area contributed by atoms with Crippen LogP contribution in [0.1, 0.15) is 73.4 Å². The molecule has 8 heteroatoms. The number of nitrogens with one attached hydrogen (secondary N) is 1. The van der Waals surface area contributed by atoms with Crippen molar-refractivity contribution < 1.29 is 0 Å². The minimum Gasteiger partial charge on any atom is -0.324 e. The molecule has 0 spiro atoms. The average molecular weight is 536 g/mol. The van der Waals surface area contributed by atoms with E-state index in [0.29, 0.717) is 35.3 Å². The lowest BCUT2D eigenvalue weighted by Crippen LogP contribution is -2.44. The van der Waals surface area contributed by atoms with Crippen molar-refractivity contribution in [2.24, 2.45) is 0 Å². The van der Waals surface area contributed by atoms with E-state index in [-0.39, 0.29) is 11.0 Å². The Hall–Kier alpha value is -3.78. The summed E-state index contributed by atoms with van der Waals surface area (Å²) in [6.07, 6.45) is 10.2. The fourth-order valence-corrected chi connectivity index (χ4v) is 7.61. The highest BCUT2D eigenvalue weighted by molar-refractivity contribution is 5.77. The third-order valence-electron chi connectivity index (χ3n) is 9.23. The Balaban J connectivity index is 1.33. The second-order valence-corrected chi connectivity index (χ2v) is 12.2. The molecule has 40 heavy (non-hydrogen) atoms. The van der Waals surface area contributed by atoms with E-state index in [1.165, 1.54) is 29.5 Å². The van der Waals surface area contributed by atoms with Crippen LogP contribution in [-0.4, -0.2) is 42.8 Å². The molecule has 0 amide bonds. The van der Waals surface area contributed by atoms with Gasteiger partial charge in [-0.25, -0.2) is 19.3 Å².